The van der Waals surface area contributed by atoms with Crippen LogP contribution in [0.2, 0.25) is 0 Å². The van der Waals surface area contributed by atoms with Gasteiger partial charge in [-0.05, 0) is 33.7 Å². The molecule has 0 bridgehead atoms. The van der Waals surface area contributed by atoms with Crippen LogP contribution in [0.15, 0.2) is 60.7 Å². The molecule has 0 atom stereocenters. The normalized spacial score (nSPS) is 10.1. The summed E-state index contributed by atoms with van der Waals surface area (Å²) in [6.07, 6.45) is 0. The van der Waals surface area contributed by atoms with E-state index in [2.05, 4.69) is 60.7 Å². The van der Waals surface area contributed by atoms with Crippen LogP contribution >= 0.6 is 0 Å². The zero-order chi connectivity index (χ0) is 9.38. The van der Waals surface area contributed by atoms with Gasteiger partial charge in [0.15, 0.2) is 0 Å². The van der Waals surface area contributed by atoms with Crippen molar-refractivity contribution in [3.05, 3.63) is 60.7 Å². The van der Waals surface area contributed by atoms with E-state index in [1.165, 1.54) is 21.5 Å². The first-order valence-corrected chi connectivity index (χ1v) is 4.81. The molecule has 0 fully saturated rings. The van der Waals surface area contributed by atoms with Gasteiger partial charge in [-0.2, -0.15) is 0 Å². The molecule has 3 aromatic carbocycles. The molecule has 0 saturated carbocycles. The zero-order valence-electron chi connectivity index (χ0n) is 9.77. The predicted molar refractivity (Wildman–Crippen MR) is 62.6 cm³/mol. The first-order valence-electron chi connectivity index (χ1n) is 4.81. The van der Waals surface area contributed by atoms with Crippen molar-refractivity contribution < 1.29 is 31.0 Å². The van der Waals surface area contributed by atoms with Crippen LogP contribution < -0.4 is 29.6 Å². The maximum atomic E-state index is 2.24. The fourth-order valence-corrected chi connectivity index (χ4v) is 1.88. The van der Waals surface area contributed by atoms with E-state index in [4.69, 9.17) is 0 Å². The Morgan fingerprint density at radius 3 is 1.07 bits per heavy atom. The third-order valence-corrected chi connectivity index (χ3v) is 2.61. The second kappa shape index (κ2) is 4.36. The second-order valence-electron chi connectivity index (χ2n) is 3.55. The summed E-state index contributed by atoms with van der Waals surface area (Å²) in [5.41, 5.74) is 0. The molecule has 15 heavy (non-hydrogen) atoms. The largest absolute Gasteiger partial charge is 1.00 e. The molecule has 0 aliphatic rings. The first-order chi connectivity index (χ1) is 6.93. The van der Waals surface area contributed by atoms with Crippen LogP contribution in [0.1, 0.15) is 1.43 Å². The van der Waals surface area contributed by atoms with Crippen LogP contribution in [0.5, 0.6) is 0 Å². The Labute approximate surface area is 113 Å². The average Bonchev–Trinajstić information content (AvgIpc) is 2.26. The van der Waals surface area contributed by atoms with Gasteiger partial charge in [0, 0.05) is 0 Å². The third-order valence-electron chi connectivity index (χ3n) is 2.61. The number of hydrogen-bond donors (Lipinski definition) is 0. The predicted octanol–water partition coefficient (Wildman–Crippen LogP) is 1.11. The molecule has 1 heteroatoms. The Kier molecular flexibility index (Phi) is 3.11. The summed E-state index contributed by atoms with van der Waals surface area (Å²) in [4.78, 5) is 0. The van der Waals surface area contributed by atoms with Gasteiger partial charge in [0.25, 0.3) is 0 Å². The quantitative estimate of drug-likeness (QED) is 0.378. The minimum atomic E-state index is 0. The van der Waals surface area contributed by atoms with Crippen LogP contribution in [-0.4, -0.2) is 0 Å². The molecule has 0 spiro atoms. The van der Waals surface area contributed by atoms with Crippen molar-refractivity contribution in [2.45, 2.75) is 0 Å². The van der Waals surface area contributed by atoms with Crippen molar-refractivity contribution >= 4 is 21.5 Å². The Balaban J connectivity index is 0.000000640. The van der Waals surface area contributed by atoms with Gasteiger partial charge in [-0.15, -0.1) is 0 Å². The van der Waals surface area contributed by atoms with Gasteiger partial charge < -0.3 is 1.43 Å². The van der Waals surface area contributed by atoms with Gasteiger partial charge in [-0.3, -0.25) is 0 Å². The van der Waals surface area contributed by atoms with Gasteiger partial charge in [0.05, 0.1) is 0 Å². The summed E-state index contributed by atoms with van der Waals surface area (Å²) < 4.78 is 0. The molecule has 0 unspecified atom stereocenters. The Hall–Kier alpha value is -0.820. The minimum absolute atomic E-state index is 0. The van der Waals surface area contributed by atoms with E-state index < -0.39 is 0 Å². The van der Waals surface area contributed by atoms with Gasteiger partial charge in [-0.1, -0.05) is 48.5 Å². The Morgan fingerprint density at radius 2 is 0.800 bits per heavy atom. The standard InChI is InChI=1S/C14H10.Na.H/c1-2-6-12-10-14-8-4-3-7-13(14)9-11(12)5-1;;/h1-10H;;/q;+1;-1. The molecule has 0 aliphatic heterocycles. The second-order valence-corrected chi connectivity index (χ2v) is 3.55. The number of fused-ring (bicyclic) bond motifs is 2. The zero-order valence-corrected chi connectivity index (χ0v) is 10.8. The minimum Gasteiger partial charge on any atom is -1.00 e. The van der Waals surface area contributed by atoms with Crippen LogP contribution in [0.4, 0.5) is 0 Å². The molecule has 0 N–H and O–H groups in total. The fraction of sp³-hybridized carbons (Fsp3) is 0. The summed E-state index contributed by atoms with van der Waals surface area (Å²) in [5, 5.41) is 5.25. The van der Waals surface area contributed by atoms with E-state index >= 15 is 0 Å². The molecule has 0 radical (unpaired) electrons. The molecule has 0 nitrogen and oxygen atoms in total. The summed E-state index contributed by atoms with van der Waals surface area (Å²) in [7, 11) is 0. The molecule has 3 rings (SSSR count). The summed E-state index contributed by atoms with van der Waals surface area (Å²) in [6.45, 7) is 0. The molecule has 0 saturated heterocycles. The van der Waals surface area contributed by atoms with Gasteiger partial charge in [-0.25, -0.2) is 0 Å². The van der Waals surface area contributed by atoms with Crippen molar-refractivity contribution in [2.24, 2.45) is 0 Å². The fourth-order valence-electron chi connectivity index (χ4n) is 1.88. The van der Waals surface area contributed by atoms with Gasteiger partial charge >= 0.3 is 29.6 Å². The van der Waals surface area contributed by atoms with Crippen LogP contribution in [-0.2, 0) is 0 Å². The summed E-state index contributed by atoms with van der Waals surface area (Å²) in [5.74, 6) is 0. The van der Waals surface area contributed by atoms with Crippen LogP contribution in [0.3, 0.4) is 0 Å². The molecule has 3 aromatic rings. The van der Waals surface area contributed by atoms with Crippen molar-refractivity contribution in [1.29, 1.82) is 0 Å². The number of rotatable bonds is 0. The maximum Gasteiger partial charge on any atom is 1.00 e. The molecule has 0 aliphatic carbocycles. The number of benzene rings is 3. The smallest absolute Gasteiger partial charge is 1.00 e. The van der Waals surface area contributed by atoms with Crippen LogP contribution in [0.25, 0.3) is 21.5 Å². The monoisotopic (exact) mass is 202 g/mol. The van der Waals surface area contributed by atoms with Gasteiger partial charge in [0.2, 0.25) is 0 Å². The van der Waals surface area contributed by atoms with Crippen molar-refractivity contribution in [3.63, 3.8) is 0 Å². The van der Waals surface area contributed by atoms with Gasteiger partial charge in [0.1, 0.15) is 0 Å². The molecule has 0 aromatic heterocycles. The van der Waals surface area contributed by atoms with E-state index in [0.717, 1.165) is 0 Å². The maximum absolute atomic E-state index is 2.24. The molecule has 0 amide bonds. The third kappa shape index (κ3) is 1.93. The van der Waals surface area contributed by atoms with E-state index in [9.17, 15) is 0 Å². The number of hydrogen-bond acceptors (Lipinski definition) is 0. The molecule has 68 valence electrons. The van der Waals surface area contributed by atoms with E-state index in [0.29, 0.717) is 0 Å². The van der Waals surface area contributed by atoms with E-state index in [1.54, 1.807) is 0 Å². The van der Waals surface area contributed by atoms with Crippen molar-refractivity contribution in [1.82, 2.24) is 0 Å². The first kappa shape index (κ1) is 10.7. The molecular weight excluding hydrogens is 191 g/mol. The molecule has 0 heterocycles. The SMILES string of the molecule is [H-].[Na+].c1ccc2cc3ccccc3cc2c1. The van der Waals surface area contributed by atoms with E-state index in [-0.39, 0.29) is 31.0 Å². The van der Waals surface area contributed by atoms with E-state index in [1.807, 2.05) is 0 Å². The summed E-state index contributed by atoms with van der Waals surface area (Å²) >= 11 is 0. The van der Waals surface area contributed by atoms with Crippen molar-refractivity contribution in [2.75, 3.05) is 0 Å². The molecular formula is C14H11Na. The summed E-state index contributed by atoms with van der Waals surface area (Å²) in [6, 6.07) is 21.4. The van der Waals surface area contributed by atoms with Crippen molar-refractivity contribution in [3.8, 4) is 0 Å². The Bertz CT molecular complexity index is 499. The van der Waals surface area contributed by atoms with Crippen LogP contribution in [0, 0.1) is 0 Å². The topological polar surface area (TPSA) is 0 Å². The Morgan fingerprint density at radius 1 is 0.533 bits per heavy atom. The average molecular weight is 202 g/mol.